The quantitative estimate of drug-likeness (QED) is 0.532. The van der Waals surface area contributed by atoms with Crippen LogP contribution in [0, 0.1) is 0 Å². The summed E-state index contributed by atoms with van der Waals surface area (Å²) in [6.45, 7) is 7.93. The van der Waals surface area contributed by atoms with Crippen LogP contribution in [0.5, 0.6) is 0 Å². The zero-order valence-corrected chi connectivity index (χ0v) is 16.9. The number of likely N-dealkylation sites (N-methyl/N-ethyl adjacent to an activating group) is 1. The highest BCUT2D eigenvalue weighted by atomic mass is 32.2. The lowest BCUT2D eigenvalue weighted by atomic mass is 10.2. The number of fused-ring (bicyclic) bond motifs is 1. The van der Waals surface area contributed by atoms with Gasteiger partial charge in [-0.05, 0) is 39.3 Å². The number of hydrogen-bond donors (Lipinski definition) is 2. The van der Waals surface area contributed by atoms with Crippen LogP contribution in [0.2, 0.25) is 0 Å². The summed E-state index contributed by atoms with van der Waals surface area (Å²) in [6.07, 6.45) is 0.772. The van der Waals surface area contributed by atoms with Gasteiger partial charge in [0.15, 0.2) is 5.16 Å². The van der Waals surface area contributed by atoms with E-state index in [4.69, 9.17) is 0 Å². The first kappa shape index (κ1) is 21.0. The number of aromatic nitrogens is 2. The number of amides is 2. The Kier molecular flexibility index (Phi) is 7.41. The minimum Gasteiger partial charge on any atom is -0.355 e. The largest absolute Gasteiger partial charge is 0.355 e. The molecule has 2 amide bonds. The molecule has 27 heavy (non-hydrogen) atoms. The highest BCUT2D eigenvalue weighted by Gasteiger charge is 2.18. The molecule has 1 aromatic heterocycles. The summed E-state index contributed by atoms with van der Waals surface area (Å²) in [4.78, 5) is 41.4. The minimum absolute atomic E-state index is 0.0329. The molecule has 2 rings (SSSR count). The standard InChI is InChI=1S/C19H26N4O3S/c1-5-12(3)23-18(26)14-9-7-8-10-15(14)22-19(23)27-11-16(24)21-13(4)17(25)20-6-2/h7-10,12-13H,5-6,11H2,1-4H3,(H,20,25)(H,21,24)/t12-,13+/m0/s1. The maximum atomic E-state index is 12.9. The maximum absolute atomic E-state index is 12.9. The van der Waals surface area contributed by atoms with Gasteiger partial charge in [0.2, 0.25) is 11.8 Å². The van der Waals surface area contributed by atoms with Crippen molar-refractivity contribution in [2.24, 2.45) is 0 Å². The first-order valence-corrected chi connectivity index (χ1v) is 10.1. The SMILES string of the molecule is CCNC(=O)[C@@H](C)NC(=O)CSc1nc2ccccc2c(=O)n1[C@@H](C)CC. The van der Waals surface area contributed by atoms with Gasteiger partial charge in [-0.25, -0.2) is 4.98 Å². The van der Waals surface area contributed by atoms with Crippen LogP contribution in [0.3, 0.4) is 0 Å². The fourth-order valence-electron chi connectivity index (χ4n) is 2.60. The molecule has 0 fully saturated rings. The zero-order valence-electron chi connectivity index (χ0n) is 16.1. The van der Waals surface area contributed by atoms with E-state index in [2.05, 4.69) is 15.6 Å². The molecule has 146 valence electrons. The van der Waals surface area contributed by atoms with Crippen LogP contribution in [0.15, 0.2) is 34.2 Å². The van der Waals surface area contributed by atoms with Crippen molar-refractivity contribution in [3.8, 4) is 0 Å². The molecule has 0 aliphatic heterocycles. The van der Waals surface area contributed by atoms with E-state index in [1.807, 2.05) is 32.9 Å². The molecular formula is C19H26N4O3S. The third kappa shape index (κ3) is 5.09. The summed E-state index contributed by atoms with van der Waals surface area (Å²) in [5, 5.41) is 6.40. The van der Waals surface area contributed by atoms with Gasteiger partial charge in [-0.2, -0.15) is 0 Å². The normalized spacial score (nSPS) is 13.2. The average molecular weight is 391 g/mol. The van der Waals surface area contributed by atoms with E-state index in [-0.39, 0.29) is 29.2 Å². The van der Waals surface area contributed by atoms with Gasteiger partial charge in [0.1, 0.15) is 6.04 Å². The molecular weight excluding hydrogens is 364 g/mol. The lowest BCUT2D eigenvalue weighted by Gasteiger charge is -2.18. The number of para-hydroxylation sites is 1. The lowest BCUT2D eigenvalue weighted by Crippen LogP contribution is -2.45. The molecule has 0 aliphatic carbocycles. The van der Waals surface area contributed by atoms with Gasteiger partial charge in [0.25, 0.3) is 5.56 Å². The Morgan fingerprint density at radius 1 is 1.22 bits per heavy atom. The number of hydrogen-bond acceptors (Lipinski definition) is 5. The molecule has 8 heteroatoms. The summed E-state index contributed by atoms with van der Waals surface area (Å²) >= 11 is 1.20. The third-order valence-electron chi connectivity index (χ3n) is 4.26. The Balaban J connectivity index is 2.21. The van der Waals surface area contributed by atoms with Crippen molar-refractivity contribution in [3.63, 3.8) is 0 Å². The van der Waals surface area contributed by atoms with Crippen LogP contribution in [-0.4, -0.2) is 39.7 Å². The summed E-state index contributed by atoms with van der Waals surface area (Å²) in [5.41, 5.74) is 0.509. The molecule has 0 saturated heterocycles. The van der Waals surface area contributed by atoms with Gasteiger partial charge >= 0.3 is 0 Å². The number of benzene rings is 1. The molecule has 0 bridgehead atoms. The first-order valence-electron chi connectivity index (χ1n) is 9.10. The lowest BCUT2D eigenvalue weighted by molar-refractivity contribution is -0.127. The van der Waals surface area contributed by atoms with Crippen LogP contribution in [0.25, 0.3) is 10.9 Å². The molecule has 1 heterocycles. The Hall–Kier alpha value is -2.35. The molecule has 0 spiro atoms. The predicted octanol–water partition coefficient (Wildman–Crippen LogP) is 2.10. The number of nitrogens with one attached hydrogen (secondary N) is 2. The molecule has 2 aromatic rings. The fourth-order valence-corrected chi connectivity index (χ4v) is 3.51. The van der Waals surface area contributed by atoms with E-state index in [1.165, 1.54) is 11.8 Å². The van der Waals surface area contributed by atoms with Crippen molar-refractivity contribution in [2.75, 3.05) is 12.3 Å². The Labute approximate surface area is 162 Å². The Morgan fingerprint density at radius 2 is 1.93 bits per heavy atom. The van der Waals surface area contributed by atoms with Gasteiger partial charge in [0, 0.05) is 12.6 Å². The maximum Gasteiger partial charge on any atom is 0.262 e. The summed E-state index contributed by atoms with van der Waals surface area (Å²) in [6, 6.07) is 6.55. The van der Waals surface area contributed by atoms with E-state index < -0.39 is 6.04 Å². The van der Waals surface area contributed by atoms with Gasteiger partial charge in [0.05, 0.1) is 16.7 Å². The topological polar surface area (TPSA) is 93.1 Å². The van der Waals surface area contributed by atoms with Gasteiger partial charge in [-0.3, -0.25) is 19.0 Å². The Bertz CT molecular complexity index is 881. The van der Waals surface area contributed by atoms with Gasteiger partial charge < -0.3 is 10.6 Å². The average Bonchev–Trinajstić information content (AvgIpc) is 2.66. The van der Waals surface area contributed by atoms with Crippen LogP contribution in [0.4, 0.5) is 0 Å². The molecule has 2 atom stereocenters. The van der Waals surface area contributed by atoms with E-state index in [0.717, 1.165) is 6.42 Å². The van der Waals surface area contributed by atoms with Crippen LogP contribution < -0.4 is 16.2 Å². The number of thioether (sulfide) groups is 1. The molecule has 1 aromatic carbocycles. The Morgan fingerprint density at radius 3 is 2.59 bits per heavy atom. The number of carbonyl (C=O) groups is 2. The van der Waals surface area contributed by atoms with E-state index >= 15 is 0 Å². The number of nitrogens with zero attached hydrogens (tertiary/aromatic N) is 2. The van der Waals surface area contributed by atoms with E-state index in [1.54, 1.807) is 23.6 Å². The second kappa shape index (κ2) is 9.55. The monoisotopic (exact) mass is 390 g/mol. The second-order valence-corrected chi connectivity index (χ2v) is 7.26. The highest BCUT2D eigenvalue weighted by molar-refractivity contribution is 7.99. The van der Waals surface area contributed by atoms with Gasteiger partial charge in [-0.1, -0.05) is 30.8 Å². The van der Waals surface area contributed by atoms with Crippen LogP contribution >= 0.6 is 11.8 Å². The van der Waals surface area contributed by atoms with Crippen molar-refractivity contribution in [2.45, 2.75) is 51.4 Å². The number of rotatable bonds is 8. The molecule has 0 aliphatic rings. The third-order valence-corrected chi connectivity index (χ3v) is 5.21. The van der Waals surface area contributed by atoms with E-state index in [9.17, 15) is 14.4 Å². The second-order valence-electron chi connectivity index (χ2n) is 6.32. The molecule has 0 saturated carbocycles. The number of carbonyl (C=O) groups excluding carboxylic acids is 2. The summed E-state index contributed by atoms with van der Waals surface area (Å²) < 4.78 is 1.65. The molecule has 7 nitrogen and oxygen atoms in total. The van der Waals surface area contributed by atoms with Crippen molar-refractivity contribution >= 4 is 34.5 Å². The molecule has 2 N–H and O–H groups in total. The van der Waals surface area contributed by atoms with Crippen molar-refractivity contribution in [1.29, 1.82) is 0 Å². The summed E-state index contributed by atoms with van der Waals surface area (Å²) in [7, 11) is 0. The minimum atomic E-state index is -0.612. The van der Waals surface area contributed by atoms with Crippen LogP contribution in [0.1, 0.15) is 40.2 Å². The van der Waals surface area contributed by atoms with Gasteiger partial charge in [-0.15, -0.1) is 0 Å². The van der Waals surface area contributed by atoms with Crippen molar-refractivity contribution in [1.82, 2.24) is 20.2 Å². The van der Waals surface area contributed by atoms with Crippen LogP contribution in [-0.2, 0) is 9.59 Å². The zero-order chi connectivity index (χ0) is 20.0. The smallest absolute Gasteiger partial charge is 0.262 e. The van der Waals surface area contributed by atoms with Crippen molar-refractivity contribution < 1.29 is 9.59 Å². The molecule has 0 unspecified atom stereocenters. The fraction of sp³-hybridized carbons (Fsp3) is 0.474. The summed E-state index contributed by atoms with van der Waals surface area (Å²) in [5.74, 6) is -0.432. The predicted molar refractivity (Wildman–Crippen MR) is 108 cm³/mol. The first-order chi connectivity index (χ1) is 12.9. The highest BCUT2D eigenvalue weighted by Crippen LogP contribution is 2.22. The van der Waals surface area contributed by atoms with E-state index in [0.29, 0.717) is 22.6 Å². The molecule has 0 radical (unpaired) electrons. The van der Waals surface area contributed by atoms with Crippen molar-refractivity contribution in [3.05, 3.63) is 34.6 Å².